The lowest BCUT2D eigenvalue weighted by atomic mass is 10.1. The normalized spacial score (nSPS) is 10.0. The molecule has 0 radical (unpaired) electrons. The Hall–Kier alpha value is -2.89. The van der Waals surface area contributed by atoms with E-state index in [1.807, 2.05) is 0 Å². The summed E-state index contributed by atoms with van der Waals surface area (Å²) in [6.45, 7) is 0. The third-order valence-corrected chi connectivity index (χ3v) is 2.92. The second-order valence-electron chi connectivity index (χ2n) is 4.30. The molecule has 6 heteroatoms. The van der Waals surface area contributed by atoms with Crippen LogP contribution in [0.3, 0.4) is 0 Å². The average Bonchev–Trinajstić information content (AvgIpc) is 2.48. The second kappa shape index (κ2) is 6.04. The van der Waals surface area contributed by atoms with Crippen molar-refractivity contribution in [1.29, 1.82) is 0 Å². The number of ether oxygens (including phenoxy) is 2. The zero-order valence-corrected chi connectivity index (χ0v) is 11.7. The summed E-state index contributed by atoms with van der Waals surface area (Å²) >= 11 is 0. The number of carbonyl (C=O) groups is 1. The molecule has 1 amide bonds. The molecule has 110 valence electrons. The van der Waals surface area contributed by atoms with E-state index in [1.54, 1.807) is 30.3 Å². The number of carbonyl (C=O) groups excluding carboxylic acids is 1. The fourth-order valence-corrected chi connectivity index (χ4v) is 1.83. The number of phenols is 1. The molecule has 2 aromatic carbocycles. The summed E-state index contributed by atoms with van der Waals surface area (Å²) in [6, 6.07) is 9.32. The number of phenolic OH excluding ortho intramolecular Hbond substituents is 1. The van der Waals surface area contributed by atoms with Crippen molar-refractivity contribution in [1.82, 2.24) is 0 Å². The second-order valence-corrected chi connectivity index (χ2v) is 4.30. The highest BCUT2D eigenvalue weighted by atomic mass is 16.5. The van der Waals surface area contributed by atoms with Gasteiger partial charge >= 0.3 is 0 Å². The minimum atomic E-state index is -0.410. The number of nitrogens with one attached hydrogen (secondary N) is 1. The lowest BCUT2D eigenvalue weighted by Gasteiger charge is -2.11. The van der Waals surface area contributed by atoms with Gasteiger partial charge in [-0.2, -0.15) is 0 Å². The summed E-state index contributed by atoms with van der Waals surface area (Å²) in [7, 11) is 2.95. The quantitative estimate of drug-likeness (QED) is 0.592. The first-order valence-electron chi connectivity index (χ1n) is 6.17. The standard InChI is InChI=1S/C15H16N2O4/c1-20-10-4-6-12(13(18)8-10)17-15(19)11-5-3-9(16)7-14(11)21-2/h3-8,18H,16H2,1-2H3,(H,17,19). The molecule has 0 saturated heterocycles. The van der Waals surface area contributed by atoms with E-state index in [0.29, 0.717) is 22.7 Å². The minimum absolute atomic E-state index is 0.0860. The number of rotatable bonds is 4. The first-order chi connectivity index (χ1) is 10.0. The highest BCUT2D eigenvalue weighted by Crippen LogP contribution is 2.29. The van der Waals surface area contributed by atoms with Gasteiger partial charge in [0.2, 0.25) is 0 Å². The van der Waals surface area contributed by atoms with Gasteiger partial charge in [-0.25, -0.2) is 0 Å². The maximum atomic E-state index is 12.2. The molecule has 0 spiro atoms. The molecular formula is C15H16N2O4. The zero-order chi connectivity index (χ0) is 15.4. The third kappa shape index (κ3) is 3.17. The van der Waals surface area contributed by atoms with Crippen molar-refractivity contribution in [3.05, 3.63) is 42.0 Å². The molecule has 2 rings (SSSR count). The number of nitrogens with two attached hydrogens (primary N) is 1. The number of amides is 1. The smallest absolute Gasteiger partial charge is 0.259 e. The van der Waals surface area contributed by atoms with Crippen molar-refractivity contribution in [2.45, 2.75) is 0 Å². The van der Waals surface area contributed by atoms with E-state index in [0.717, 1.165) is 0 Å². The summed E-state index contributed by atoms with van der Waals surface area (Å²) in [6.07, 6.45) is 0. The molecule has 0 aliphatic rings. The highest BCUT2D eigenvalue weighted by Gasteiger charge is 2.14. The molecule has 0 heterocycles. The van der Waals surface area contributed by atoms with Gasteiger partial charge in [0.05, 0.1) is 25.5 Å². The highest BCUT2D eigenvalue weighted by molar-refractivity contribution is 6.07. The van der Waals surface area contributed by atoms with Crippen LogP contribution in [0.5, 0.6) is 17.2 Å². The predicted molar refractivity (Wildman–Crippen MR) is 80.0 cm³/mol. The van der Waals surface area contributed by atoms with Crippen LogP contribution in [0.2, 0.25) is 0 Å². The molecule has 0 saturated carbocycles. The topological polar surface area (TPSA) is 93.8 Å². The van der Waals surface area contributed by atoms with Crippen molar-refractivity contribution < 1.29 is 19.4 Å². The lowest BCUT2D eigenvalue weighted by molar-refractivity contribution is 0.102. The van der Waals surface area contributed by atoms with Crippen molar-refractivity contribution in [2.75, 3.05) is 25.3 Å². The van der Waals surface area contributed by atoms with Crippen LogP contribution in [-0.4, -0.2) is 25.2 Å². The van der Waals surface area contributed by atoms with Crippen LogP contribution in [0.4, 0.5) is 11.4 Å². The largest absolute Gasteiger partial charge is 0.506 e. The molecule has 0 fully saturated rings. The van der Waals surface area contributed by atoms with E-state index < -0.39 is 5.91 Å². The Bertz CT molecular complexity index is 671. The Labute approximate surface area is 122 Å². The van der Waals surface area contributed by atoms with Crippen molar-refractivity contribution in [2.24, 2.45) is 0 Å². The van der Waals surface area contributed by atoms with Crippen LogP contribution in [0.25, 0.3) is 0 Å². The van der Waals surface area contributed by atoms with Gasteiger partial charge in [-0.3, -0.25) is 4.79 Å². The fraction of sp³-hybridized carbons (Fsp3) is 0.133. The van der Waals surface area contributed by atoms with E-state index in [-0.39, 0.29) is 11.4 Å². The number of methoxy groups -OCH3 is 2. The first-order valence-corrected chi connectivity index (χ1v) is 6.17. The van der Waals surface area contributed by atoms with E-state index >= 15 is 0 Å². The first kappa shape index (κ1) is 14.5. The monoisotopic (exact) mass is 288 g/mol. The zero-order valence-electron chi connectivity index (χ0n) is 11.7. The third-order valence-electron chi connectivity index (χ3n) is 2.92. The van der Waals surface area contributed by atoms with Crippen molar-refractivity contribution in [3.8, 4) is 17.2 Å². The van der Waals surface area contributed by atoms with E-state index in [1.165, 1.54) is 20.3 Å². The van der Waals surface area contributed by atoms with Crippen molar-refractivity contribution in [3.63, 3.8) is 0 Å². The van der Waals surface area contributed by atoms with Gasteiger partial charge in [0, 0.05) is 17.8 Å². The van der Waals surface area contributed by atoms with Gasteiger partial charge in [0.25, 0.3) is 5.91 Å². The Morgan fingerprint density at radius 1 is 1.14 bits per heavy atom. The predicted octanol–water partition coefficient (Wildman–Crippen LogP) is 2.24. The number of anilines is 2. The minimum Gasteiger partial charge on any atom is -0.506 e. The van der Waals surface area contributed by atoms with Gasteiger partial charge < -0.3 is 25.6 Å². The van der Waals surface area contributed by atoms with Crippen LogP contribution in [-0.2, 0) is 0 Å². The fourth-order valence-electron chi connectivity index (χ4n) is 1.83. The number of nitrogen functional groups attached to an aromatic ring is 1. The van der Waals surface area contributed by atoms with E-state index in [2.05, 4.69) is 5.32 Å². The molecule has 4 N–H and O–H groups in total. The summed E-state index contributed by atoms with van der Waals surface area (Å²) in [5, 5.41) is 12.4. The molecule has 6 nitrogen and oxygen atoms in total. The molecule has 2 aromatic rings. The summed E-state index contributed by atoms with van der Waals surface area (Å²) in [4.78, 5) is 12.2. The molecule has 0 bridgehead atoms. The molecule has 0 aliphatic carbocycles. The van der Waals surface area contributed by atoms with Crippen LogP contribution < -0.4 is 20.5 Å². The molecule has 0 unspecified atom stereocenters. The van der Waals surface area contributed by atoms with E-state index in [9.17, 15) is 9.90 Å². The average molecular weight is 288 g/mol. The lowest BCUT2D eigenvalue weighted by Crippen LogP contribution is -2.13. The van der Waals surface area contributed by atoms with Crippen LogP contribution in [0, 0.1) is 0 Å². The Morgan fingerprint density at radius 3 is 2.52 bits per heavy atom. The molecular weight excluding hydrogens is 272 g/mol. The SMILES string of the molecule is COc1ccc(NC(=O)c2ccc(N)cc2OC)c(O)c1. The van der Waals surface area contributed by atoms with Gasteiger partial charge in [0.15, 0.2) is 0 Å². The molecule has 0 aromatic heterocycles. The summed E-state index contributed by atoms with van der Waals surface area (Å²) < 4.78 is 10.1. The Morgan fingerprint density at radius 2 is 1.90 bits per heavy atom. The molecule has 0 atom stereocenters. The number of hydrogen-bond acceptors (Lipinski definition) is 5. The van der Waals surface area contributed by atoms with Crippen LogP contribution in [0.15, 0.2) is 36.4 Å². The number of aromatic hydroxyl groups is 1. The Kier molecular flexibility index (Phi) is 4.18. The molecule has 21 heavy (non-hydrogen) atoms. The number of benzene rings is 2. The molecule has 0 aliphatic heterocycles. The maximum absolute atomic E-state index is 12.2. The van der Waals surface area contributed by atoms with E-state index in [4.69, 9.17) is 15.2 Å². The van der Waals surface area contributed by atoms with Gasteiger partial charge in [-0.15, -0.1) is 0 Å². The Balaban J connectivity index is 2.26. The summed E-state index contributed by atoms with van der Waals surface area (Å²) in [5.74, 6) is 0.362. The maximum Gasteiger partial charge on any atom is 0.259 e. The van der Waals surface area contributed by atoms with Crippen LogP contribution >= 0.6 is 0 Å². The van der Waals surface area contributed by atoms with Crippen molar-refractivity contribution >= 4 is 17.3 Å². The number of hydrogen-bond donors (Lipinski definition) is 3. The van der Waals surface area contributed by atoms with Crippen LogP contribution in [0.1, 0.15) is 10.4 Å². The van der Waals surface area contributed by atoms with Gasteiger partial charge in [-0.05, 0) is 24.3 Å². The summed E-state index contributed by atoms with van der Waals surface area (Å²) in [5.41, 5.74) is 6.74. The van der Waals surface area contributed by atoms with Gasteiger partial charge in [-0.1, -0.05) is 0 Å². The van der Waals surface area contributed by atoms with Gasteiger partial charge in [0.1, 0.15) is 17.2 Å².